The van der Waals surface area contributed by atoms with E-state index in [4.69, 9.17) is 15.2 Å². The van der Waals surface area contributed by atoms with Gasteiger partial charge < -0.3 is 25.4 Å². The smallest absolute Gasteiger partial charge is 0.314 e. The number of amides is 2. The first-order chi connectivity index (χ1) is 17.1. The van der Waals surface area contributed by atoms with Crippen molar-refractivity contribution in [3.05, 3.63) is 12.4 Å². The van der Waals surface area contributed by atoms with Gasteiger partial charge in [-0.15, -0.1) is 0 Å². The lowest BCUT2D eigenvalue weighted by Gasteiger charge is -2.43. The van der Waals surface area contributed by atoms with Crippen molar-refractivity contribution in [2.45, 2.75) is 71.1 Å². The van der Waals surface area contributed by atoms with Crippen LogP contribution in [-0.4, -0.2) is 72.0 Å². The number of anilines is 2. The summed E-state index contributed by atoms with van der Waals surface area (Å²) in [7, 11) is -1.22. The summed E-state index contributed by atoms with van der Waals surface area (Å²) in [4.78, 5) is 32.6. The summed E-state index contributed by atoms with van der Waals surface area (Å²) in [5, 5.41) is 7.81. The first-order valence-corrected chi connectivity index (χ1v) is 16.7. The lowest BCUT2D eigenvalue weighted by molar-refractivity contribution is -0.148. The Labute approximate surface area is 213 Å². The van der Waals surface area contributed by atoms with Gasteiger partial charge in [0.25, 0.3) is 0 Å². The number of nitrogens with one attached hydrogen (secondary N) is 1. The number of fused-ring (bicyclic) bond motifs is 1. The second-order valence-corrected chi connectivity index (χ2v) is 17.1. The van der Waals surface area contributed by atoms with Crippen LogP contribution >= 0.6 is 0 Å². The van der Waals surface area contributed by atoms with Gasteiger partial charge in [-0.1, -0.05) is 26.6 Å². The second-order valence-electron chi connectivity index (χ2n) is 11.5. The van der Waals surface area contributed by atoms with Gasteiger partial charge in [0, 0.05) is 39.8 Å². The van der Waals surface area contributed by atoms with Gasteiger partial charge in [-0.05, 0) is 37.6 Å². The third-order valence-electron chi connectivity index (χ3n) is 7.22. The first kappa shape index (κ1) is 26.6. The zero-order valence-corrected chi connectivity index (χ0v) is 23.0. The predicted molar refractivity (Wildman–Crippen MR) is 142 cm³/mol. The molecule has 10 nitrogen and oxygen atoms in total. The van der Waals surface area contributed by atoms with Crippen LogP contribution in [-0.2, 0) is 25.8 Å². The van der Waals surface area contributed by atoms with Crippen molar-refractivity contribution in [2.75, 3.05) is 37.4 Å². The van der Waals surface area contributed by atoms with Crippen LogP contribution in [0.2, 0.25) is 25.7 Å². The van der Waals surface area contributed by atoms with Crippen LogP contribution in [0.4, 0.5) is 11.5 Å². The summed E-state index contributed by atoms with van der Waals surface area (Å²) >= 11 is 0. The van der Waals surface area contributed by atoms with Crippen molar-refractivity contribution < 1.29 is 19.1 Å². The summed E-state index contributed by atoms with van der Waals surface area (Å²) < 4.78 is 13.2. The maximum Gasteiger partial charge on any atom is 0.314 e. The number of ether oxygens (including phenoxy) is 2. The molecule has 3 atom stereocenters. The van der Waals surface area contributed by atoms with Crippen LogP contribution in [0.3, 0.4) is 0 Å². The normalized spacial score (nSPS) is 23.1. The van der Waals surface area contributed by atoms with E-state index in [-0.39, 0.29) is 18.7 Å². The van der Waals surface area contributed by atoms with E-state index in [2.05, 4.69) is 42.0 Å². The molecule has 0 aromatic carbocycles. The quantitative estimate of drug-likeness (QED) is 0.329. The van der Waals surface area contributed by atoms with Crippen molar-refractivity contribution in [3.63, 3.8) is 0 Å². The maximum atomic E-state index is 13.4. The number of nitrogens with two attached hydrogens (primary N) is 1. The lowest BCUT2D eigenvalue weighted by Crippen LogP contribution is -2.54. The van der Waals surface area contributed by atoms with Crippen molar-refractivity contribution >= 4 is 42.3 Å². The van der Waals surface area contributed by atoms with E-state index >= 15 is 0 Å². The number of nitrogen functional groups attached to an aromatic ring is 1. The predicted octanol–water partition coefficient (Wildman–Crippen LogP) is 3.32. The first-order valence-electron chi connectivity index (χ1n) is 13.0. The molecule has 0 radical (unpaired) electrons. The van der Waals surface area contributed by atoms with E-state index in [0.29, 0.717) is 48.1 Å². The average Bonchev–Trinajstić information content (AvgIpc) is 3.28. The third-order valence-corrected chi connectivity index (χ3v) is 8.92. The maximum absolute atomic E-state index is 13.4. The van der Waals surface area contributed by atoms with E-state index in [1.165, 1.54) is 6.20 Å². The largest absolute Gasteiger partial charge is 0.383 e. The standard InChI is InChI=1S/C25H40N6O4Si/c1-17-7-8-21(18-6-5-9-34-15-18)30(14-17)25(33)24(32)29-20-13-27-23(26)19-12-28-31(22(19)20)16-35-10-11-36(2,3)4/h12-13,17-18,21H,5-11,14-16H2,1-4H3,(H2,26,27)(H,29,32)/t17-,18?,21+/m0/s1. The highest BCUT2D eigenvalue weighted by Crippen LogP contribution is 2.32. The summed E-state index contributed by atoms with van der Waals surface area (Å²) in [5.74, 6) is -0.264. The molecule has 0 saturated carbocycles. The minimum Gasteiger partial charge on any atom is -0.383 e. The van der Waals surface area contributed by atoms with Gasteiger partial charge in [-0.25, -0.2) is 9.67 Å². The number of hydrogen-bond acceptors (Lipinski definition) is 7. The summed E-state index contributed by atoms with van der Waals surface area (Å²) in [5.41, 5.74) is 7.07. The molecule has 2 aromatic rings. The fourth-order valence-electron chi connectivity index (χ4n) is 5.11. The van der Waals surface area contributed by atoms with Crippen molar-refractivity contribution in [2.24, 2.45) is 11.8 Å². The highest BCUT2D eigenvalue weighted by atomic mass is 28.3. The molecule has 0 aliphatic carbocycles. The molecule has 2 aromatic heterocycles. The van der Waals surface area contributed by atoms with Crippen molar-refractivity contribution in [1.82, 2.24) is 19.7 Å². The molecule has 4 heterocycles. The molecule has 2 amide bonds. The number of carbonyl (C=O) groups excluding carboxylic acids is 2. The Morgan fingerprint density at radius 2 is 2.06 bits per heavy atom. The molecule has 2 saturated heterocycles. The molecule has 36 heavy (non-hydrogen) atoms. The monoisotopic (exact) mass is 516 g/mol. The van der Waals surface area contributed by atoms with Gasteiger partial charge in [0.1, 0.15) is 12.5 Å². The van der Waals surface area contributed by atoms with E-state index in [1.54, 1.807) is 15.8 Å². The molecule has 3 N–H and O–H groups in total. The average molecular weight is 517 g/mol. The summed E-state index contributed by atoms with van der Waals surface area (Å²) in [6.07, 6.45) is 7.04. The molecule has 0 spiro atoms. The number of hydrogen-bond donors (Lipinski definition) is 2. The fourth-order valence-corrected chi connectivity index (χ4v) is 5.87. The molecule has 198 valence electrons. The van der Waals surface area contributed by atoms with E-state index in [1.807, 2.05) is 0 Å². The van der Waals surface area contributed by atoms with Crippen LogP contribution in [0.25, 0.3) is 10.9 Å². The van der Waals surface area contributed by atoms with Crippen LogP contribution in [0, 0.1) is 11.8 Å². The number of piperidine rings is 1. The van der Waals surface area contributed by atoms with Gasteiger partial charge >= 0.3 is 11.8 Å². The molecule has 2 fully saturated rings. The molecular weight excluding hydrogens is 476 g/mol. The number of aromatic nitrogens is 3. The number of carbonyl (C=O) groups is 2. The highest BCUT2D eigenvalue weighted by molar-refractivity contribution is 6.76. The Morgan fingerprint density at radius 3 is 2.78 bits per heavy atom. The van der Waals surface area contributed by atoms with Gasteiger partial charge in [0.05, 0.1) is 35.6 Å². The SMILES string of the molecule is C[C@H]1CC[C@H](C2CCCOC2)N(C(=O)C(=O)Nc2cnc(N)c3cnn(COCC[Si](C)(C)C)c23)C1. The van der Waals surface area contributed by atoms with Crippen LogP contribution in [0.5, 0.6) is 0 Å². The van der Waals surface area contributed by atoms with E-state index in [0.717, 1.165) is 38.3 Å². The Hall–Kier alpha value is -2.50. The van der Waals surface area contributed by atoms with Crippen LogP contribution in [0.1, 0.15) is 32.6 Å². The Balaban J connectivity index is 1.50. The molecule has 2 aliphatic heterocycles. The lowest BCUT2D eigenvalue weighted by atomic mass is 9.83. The van der Waals surface area contributed by atoms with Crippen molar-refractivity contribution in [1.29, 1.82) is 0 Å². The molecule has 0 bridgehead atoms. The molecule has 1 unspecified atom stereocenters. The zero-order chi connectivity index (χ0) is 25.9. The van der Waals surface area contributed by atoms with Gasteiger partial charge in [-0.2, -0.15) is 5.10 Å². The number of pyridine rings is 1. The van der Waals surface area contributed by atoms with E-state index < -0.39 is 19.9 Å². The summed E-state index contributed by atoms with van der Waals surface area (Å²) in [6.45, 7) is 11.9. The zero-order valence-electron chi connectivity index (χ0n) is 22.0. The van der Waals surface area contributed by atoms with E-state index in [9.17, 15) is 9.59 Å². The van der Waals surface area contributed by atoms with Crippen molar-refractivity contribution in [3.8, 4) is 0 Å². The number of rotatable bonds is 7. The second kappa shape index (κ2) is 11.3. The Kier molecular flexibility index (Phi) is 8.31. The fraction of sp³-hybridized carbons (Fsp3) is 0.680. The van der Waals surface area contributed by atoms with Gasteiger partial charge in [0.15, 0.2) is 0 Å². The third kappa shape index (κ3) is 6.24. The Bertz CT molecular complexity index is 1080. The molecule has 2 aliphatic rings. The van der Waals surface area contributed by atoms with Crippen LogP contribution < -0.4 is 11.1 Å². The molecular formula is C25H40N6O4Si. The highest BCUT2D eigenvalue weighted by Gasteiger charge is 2.38. The number of likely N-dealkylation sites (tertiary alicyclic amines) is 1. The van der Waals surface area contributed by atoms with Gasteiger partial charge in [-0.3, -0.25) is 9.59 Å². The van der Waals surface area contributed by atoms with Gasteiger partial charge in [0.2, 0.25) is 0 Å². The topological polar surface area (TPSA) is 125 Å². The Morgan fingerprint density at radius 1 is 1.25 bits per heavy atom. The molecule has 11 heteroatoms. The van der Waals surface area contributed by atoms with Crippen LogP contribution in [0.15, 0.2) is 12.4 Å². The summed E-state index contributed by atoms with van der Waals surface area (Å²) in [6, 6.07) is 1.06. The number of nitrogens with zero attached hydrogens (tertiary/aromatic N) is 4. The minimum atomic E-state index is -1.22. The molecule has 4 rings (SSSR count). The minimum absolute atomic E-state index is 0.0228.